The summed E-state index contributed by atoms with van der Waals surface area (Å²) in [4.78, 5) is 24.9. The molecule has 2 aromatic heterocycles. The smallest absolute Gasteiger partial charge is 0.417 e. The van der Waals surface area contributed by atoms with Crippen LogP contribution in [-0.4, -0.2) is 17.7 Å². The minimum Gasteiger partial charge on any atom is -0.462 e. The van der Waals surface area contributed by atoms with Gasteiger partial charge < -0.3 is 19.8 Å². The van der Waals surface area contributed by atoms with E-state index in [0.717, 1.165) is 10.4 Å². The molecule has 11 heteroatoms. The lowest BCUT2D eigenvalue weighted by atomic mass is 10.1. The van der Waals surface area contributed by atoms with Crippen LogP contribution in [0.15, 0.2) is 69.9 Å². The fourth-order valence-corrected chi connectivity index (χ4v) is 4.67. The third kappa shape index (κ3) is 5.52. The number of fused-ring (bicyclic) bond motifs is 1. The Hall–Kier alpha value is -3.70. The molecule has 180 valence electrons. The predicted molar refractivity (Wildman–Crippen MR) is 133 cm³/mol. The highest BCUT2D eigenvalue weighted by atomic mass is 32.1. The largest absolute Gasteiger partial charge is 0.462 e. The van der Waals surface area contributed by atoms with Crippen molar-refractivity contribution in [2.45, 2.75) is 13.1 Å². The van der Waals surface area contributed by atoms with Crippen molar-refractivity contribution < 1.29 is 27.1 Å². The van der Waals surface area contributed by atoms with E-state index in [2.05, 4.69) is 10.6 Å². The van der Waals surface area contributed by atoms with Crippen LogP contribution in [0.1, 0.15) is 22.8 Å². The molecule has 2 heterocycles. The van der Waals surface area contributed by atoms with Crippen LogP contribution in [0.5, 0.6) is 0 Å². The first-order chi connectivity index (χ1) is 16.7. The van der Waals surface area contributed by atoms with Gasteiger partial charge in [-0.15, -0.1) is 11.3 Å². The molecule has 6 nitrogen and oxygen atoms in total. The average Bonchev–Trinajstić information content (AvgIpc) is 3.22. The number of thiophene rings is 1. The molecular weight excluding hydrogens is 501 g/mol. The second-order valence-electron chi connectivity index (χ2n) is 7.21. The minimum absolute atomic E-state index is 0.0747. The van der Waals surface area contributed by atoms with Gasteiger partial charge in [0.2, 0.25) is 0 Å². The highest BCUT2D eigenvalue weighted by Crippen LogP contribution is 2.37. The predicted octanol–water partition coefficient (Wildman–Crippen LogP) is 6.53. The van der Waals surface area contributed by atoms with E-state index < -0.39 is 23.3 Å². The molecule has 2 aromatic carbocycles. The molecule has 0 aliphatic rings. The zero-order valence-corrected chi connectivity index (χ0v) is 19.7. The van der Waals surface area contributed by atoms with E-state index in [9.17, 15) is 22.8 Å². The van der Waals surface area contributed by atoms with Crippen LogP contribution >= 0.6 is 23.6 Å². The summed E-state index contributed by atoms with van der Waals surface area (Å²) in [6.45, 7) is 1.89. The van der Waals surface area contributed by atoms with Gasteiger partial charge in [0.25, 0.3) is 0 Å². The number of ether oxygens (including phenoxy) is 1. The molecule has 0 spiro atoms. The van der Waals surface area contributed by atoms with Crippen LogP contribution in [0.2, 0.25) is 0 Å². The number of hydrogen-bond acceptors (Lipinski definition) is 6. The molecule has 0 atom stereocenters. The van der Waals surface area contributed by atoms with Gasteiger partial charge in [-0.25, -0.2) is 9.59 Å². The molecule has 0 aliphatic carbocycles. The Kier molecular flexibility index (Phi) is 6.90. The van der Waals surface area contributed by atoms with Gasteiger partial charge in [-0.2, -0.15) is 13.2 Å². The van der Waals surface area contributed by atoms with E-state index in [0.29, 0.717) is 16.6 Å². The molecule has 0 radical (unpaired) electrons. The molecule has 0 fully saturated rings. The molecule has 4 rings (SSSR count). The summed E-state index contributed by atoms with van der Waals surface area (Å²) in [5.74, 6) is -0.525. The molecule has 0 saturated carbocycles. The maximum atomic E-state index is 13.3. The monoisotopic (exact) mass is 518 g/mol. The second-order valence-corrected chi connectivity index (χ2v) is 8.67. The minimum atomic E-state index is -4.71. The molecule has 4 aromatic rings. The summed E-state index contributed by atoms with van der Waals surface area (Å²) >= 11 is 6.64. The van der Waals surface area contributed by atoms with Crippen molar-refractivity contribution in [3.63, 3.8) is 0 Å². The molecule has 35 heavy (non-hydrogen) atoms. The number of halogens is 3. The summed E-state index contributed by atoms with van der Waals surface area (Å²) < 4.78 is 49.9. The van der Waals surface area contributed by atoms with Crippen molar-refractivity contribution in [3.05, 3.63) is 82.2 Å². The van der Waals surface area contributed by atoms with Crippen LogP contribution in [0.4, 0.5) is 23.9 Å². The van der Waals surface area contributed by atoms with E-state index in [4.69, 9.17) is 21.4 Å². The van der Waals surface area contributed by atoms with Gasteiger partial charge in [0.05, 0.1) is 17.7 Å². The van der Waals surface area contributed by atoms with Gasteiger partial charge in [0, 0.05) is 28.1 Å². The highest BCUT2D eigenvalue weighted by Gasteiger charge is 2.33. The van der Waals surface area contributed by atoms with E-state index in [1.165, 1.54) is 29.5 Å². The van der Waals surface area contributed by atoms with Crippen LogP contribution in [0.25, 0.3) is 21.4 Å². The summed E-state index contributed by atoms with van der Waals surface area (Å²) in [5.41, 5.74) is -0.961. The molecule has 0 bridgehead atoms. The molecule has 0 unspecified atom stereocenters. The maximum absolute atomic E-state index is 13.3. The average molecular weight is 519 g/mol. The lowest BCUT2D eigenvalue weighted by Crippen LogP contribution is -2.20. The third-order valence-electron chi connectivity index (χ3n) is 4.82. The van der Waals surface area contributed by atoms with E-state index in [1.807, 2.05) is 30.3 Å². The Balaban J connectivity index is 1.61. The van der Waals surface area contributed by atoms with Crippen molar-refractivity contribution in [1.82, 2.24) is 0 Å². The molecule has 2 N–H and O–H groups in total. The lowest BCUT2D eigenvalue weighted by Gasteiger charge is -2.12. The Morgan fingerprint density at radius 1 is 1.09 bits per heavy atom. The summed E-state index contributed by atoms with van der Waals surface area (Å²) in [5, 5.41) is 6.05. The number of nitrogens with one attached hydrogen (secondary N) is 2. The van der Waals surface area contributed by atoms with Crippen LogP contribution in [0, 0.1) is 0 Å². The summed E-state index contributed by atoms with van der Waals surface area (Å²) in [7, 11) is 0. The molecule has 0 amide bonds. The number of alkyl halides is 3. The second kappa shape index (κ2) is 9.88. The zero-order chi connectivity index (χ0) is 25.2. The quantitative estimate of drug-likeness (QED) is 0.177. The first-order valence-corrected chi connectivity index (χ1v) is 11.5. The Bertz CT molecular complexity index is 1460. The van der Waals surface area contributed by atoms with Crippen molar-refractivity contribution in [1.29, 1.82) is 0 Å². The van der Waals surface area contributed by atoms with Crippen LogP contribution in [0.3, 0.4) is 0 Å². The Labute approximate surface area is 206 Å². The Morgan fingerprint density at radius 2 is 1.83 bits per heavy atom. The van der Waals surface area contributed by atoms with Gasteiger partial charge in [0.15, 0.2) is 5.11 Å². The van der Waals surface area contributed by atoms with Crippen molar-refractivity contribution in [3.8, 4) is 10.4 Å². The third-order valence-corrected chi connectivity index (χ3v) is 6.12. The van der Waals surface area contributed by atoms with Crippen LogP contribution in [-0.2, 0) is 10.9 Å². The molecular formula is C24H17F3N2O4S2. The number of carbonyl (C=O) groups is 1. The van der Waals surface area contributed by atoms with E-state index in [1.54, 1.807) is 13.0 Å². The number of carbonyl (C=O) groups excluding carboxylic acids is 1. The first kappa shape index (κ1) is 24.4. The van der Waals surface area contributed by atoms with E-state index in [-0.39, 0.29) is 28.4 Å². The van der Waals surface area contributed by atoms with Gasteiger partial charge in [0.1, 0.15) is 10.6 Å². The number of rotatable bonds is 5. The SMILES string of the molecule is CCOC(=O)c1cc(-c2ccccc2)sc1NC(=S)Nc1ccc2c(C(F)(F)F)cc(=O)oc2c1. The lowest BCUT2D eigenvalue weighted by molar-refractivity contribution is -0.136. The van der Waals surface area contributed by atoms with Gasteiger partial charge in [-0.05, 0) is 42.9 Å². The zero-order valence-electron chi connectivity index (χ0n) is 18.1. The number of hydrogen-bond donors (Lipinski definition) is 2. The fraction of sp³-hybridized carbons (Fsp3) is 0.125. The number of anilines is 2. The normalized spacial score (nSPS) is 11.3. The highest BCUT2D eigenvalue weighted by molar-refractivity contribution is 7.80. The first-order valence-electron chi connectivity index (χ1n) is 10.2. The topological polar surface area (TPSA) is 80.6 Å². The summed E-state index contributed by atoms with van der Waals surface area (Å²) in [6.07, 6.45) is -4.71. The van der Waals surface area contributed by atoms with Gasteiger partial charge in [-0.1, -0.05) is 30.3 Å². The standard InChI is InChI=1S/C24H17F3N2O4S2/c1-2-32-22(31)16-11-19(13-6-4-3-5-7-13)35-21(16)29-23(34)28-14-8-9-15-17(24(25,26)27)12-20(30)33-18(15)10-14/h3-12H,2H2,1H3,(H2,28,29,34). The van der Waals surface area contributed by atoms with Gasteiger partial charge in [-0.3, -0.25) is 0 Å². The van der Waals surface area contributed by atoms with Crippen LogP contribution < -0.4 is 16.3 Å². The summed E-state index contributed by atoms with van der Waals surface area (Å²) in [6, 6.07) is 15.4. The van der Waals surface area contributed by atoms with Crippen molar-refractivity contribution in [2.75, 3.05) is 17.2 Å². The number of thiocarbonyl (C=S) groups is 1. The maximum Gasteiger partial charge on any atom is 0.417 e. The van der Waals surface area contributed by atoms with Crippen molar-refractivity contribution >= 4 is 56.3 Å². The molecule has 0 saturated heterocycles. The van der Waals surface area contributed by atoms with Crippen molar-refractivity contribution in [2.24, 2.45) is 0 Å². The number of benzene rings is 2. The molecule has 0 aliphatic heterocycles. The Morgan fingerprint density at radius 3 is 2.51 bits per heavy atom. The fourth-order valence-electron chi connectivity index (χ4n) is 3.33. The number of esters is 1. The van der Waals surface area contributed by atoms with E-state index >= 15 is 0 Å². The van der Waals surface area contributed by atoms with Gasteiger partial charge >= 0.3 is 17.8 Å².